The second-order valence-electron chi connectivity index (χ2n) is 9.79. The van der Waals surface area contributed by atoms with Crippen molar-refractivity contribution in [3.8, 4) is 0 Å². The minimum Gasteiger partial charge on any atom is -0.367 e. The molecule has 3 heterocycles. The van der Waals surface area contributed by atoms with Crippen molar-refractivity contribution in [1.82, 2.24) is 30.0 Å². The maximum atomic E-state index is 12.9. The molecule has 2 N–H and O–H groups in total. The van der Waals surface area contributed by atoms with Crippen LogP contribution in [0.25, 0.3) is 0 Å². The fraction of sp³-hybridized carbons (Fsp3) is 0.538. The molecular weight excluding hydrogens is 442 g/mol. The summed E-state index contributed by atoms with van der Waals surface area (Å²) in [7, 11) is 4.11. The number of likely N-dealkylation sites (N-methyl/N-ethyl adjacent to an activating group) is 1. The van der Waals surface area contributed by atoms with Crippen LogP contribution in [0.4, 0.5) is 5.82 Å². The second kappa shape index (κ2) is 11.6. The molecule has 0 aliphatic carbocycles. The number of aromatic nitrogens is 2. The van der Waals surface area contributed by atoms with Gasteiger partial charge in [0.05, 0.1) is 0 Å². The van der Waals surface area contributed by atoms with E-state index < -0.39 is 0 Å². The fourth-order valence-electron chi connectivity index (χ4n) is 4.83. The van der Waals surface area contributed by atoms with Crippen molar-refractivity contribution in [2.24, 2.45) is 0 Å². The Kier molecular flexibility index (Phi) is 8.30. The largest absolute Gasteiger partial charge is 0.367 e. The summed E-state index contributed by atoms with van der Waals surface area (Å²) in [6.45, 7) is 6.48. The van der Waals surface area contributed by atoms with E-state index in [1.807, 2.05) is 4.90 Å². The van der Waals surface area contributed by atoms with E-state index in [1.165, 1.54) is 17.5 Å². The Labute approximate surface area is 207 Å². The molecule has 35 heavy (non-hydrogen) atoms. The van der Waals surface area contributed by atoms with Crippen molar-refractivity contribution < 1.29 is 9.59 Å². The first-order valence-electron chi connectivity index (χ1n) is 12.5. The van der Waals surface area contributed by atoms with Gasteiger partial charge in [0.25, 0.3) is 5.91 Å². The van der Waals surface area contributed by atoms with Crippen LogP contribution in [0.5, 0.6) is 0 Å². The number of hydrogen-bond acceptors (Lipinski definition) is 7. The molecule has 1 unspecified atom stereocenters. The molecule has 1 fully saturated rings. The van der Waals surface area contributed by atoms with E-state index in [-0.39, 0.29) is 23.9 Å². The van der Waals surface area contributed by atoms with Crippen molar-refractivity contribution in [3.63, 3.8) is 0 Å². The third kappa shape index (κ3) is 6.76. The molecule has 2 amide bonds. The highest BCUT2D eigenvalue weighted by Gasteiger charge is 2.23. The second-order valence-corrected chi connectivity index (χ2v) is 9.79. The van der Waals surface area contributed by atoms with Gasteiger partial charge in [0.15, 0.2) is 0 Å². The van der Waals surface area contributed by atoms with Crippen molar-refractivity contribution in [3.05, 3.63) is 53.5 Å². The zero-order valence-corrected chi connectivity index (χ0v) is 21.0. The minimum atomic E-state index is -0.197. The van der Waals surface area contributed by atoms with Crippen LogP contribution >= 0.6 is 0 Å². The lowest BCUT2D eigenvalue weighted by atomic mass is 9.99. The zero-order valence-electron chi connectivity index (χ0n) is 21.0. The SMILES string of the molecule is CC(=O)N1CCC(Nc2cc(C(=O)NCC(CN3CCc4ccccc4C3)N(C)C)ncn2)CC1. The van der Waals surface area contributed by atoms with E-state index in [0.29, 0.717) is 18.1 Å². The predicted molar refractivity (Wildman–Crippen MR) is 136 cm³/mol. The van der Waals surface area contributed by atoms with Gasteiger partial charge in [-0.1, -0.05) is 24.3 Å². The van der Waals surface area contributed by atoms with Gasteiger partial charge in [-0.05, 0) is 44.5 Å². The van der Waals surface area contributed by atoms with Crippen molar-refractivity contribution in [2.75, 3.05) is 52.1 Å². The molecule has 0 saturated carbocycles. The van der Waals surface area contributed by atoms with Crippen LogP contribution < -0.4 is 10.6 Å². The molecule has 188 valence electrons. The van der Waals surface area contributed by atoms with Gasteiger partial charge in [0.1, 0.15) is 17.8 Å². The maximum absolute atomic E-state index is 12.9. The first kappa shape index (κ1) is 25.1. The Balaban J connectivity index is 1.29. The molecule has 2 aromatic rings. The van der Waals surface area contributed by atoms with Crippen LogP contribution in [0.2, 0.25) is 0 Å². The summed E-state index contributed by atoms with van der Waals surface area (Å²) in [6, 6.07) is 10.8. The number of carbonyl (C=O) groups excluding carboxylic acids is 2. The summed E-state index contributed by atoms with van der Waals surface area (Å²) < 4.78 is 0. The van der Waals surface area contributed by atoms with Crippen LogP contribution in [0.1, 0.15) is 41.4 Å². The number of likely N-dealkylation sites (tertiary alicyclic amines) is 1. The monoisotopic (exact) mass is 479 g/mol. The number of hydrogen-bond donors (Lipinski definition) is 2. The molecule has 0 bridgehead atoms. The van der Waals surface area contributed by atoms with E-state index in [2.05, 4.69) is 68.8 Å². The van der Waals surface area contributed by atoms with E-state index >= 15 is 0 Å². The minimum absolute atomic E-state index is 0.116. The van der Waals surface area contributed by atoms with E-state index in [0.717, 1.165) is 52.0 Å². The molecule has 1 saturated heterocycles. The number of piperidine rings is 1. The van der Waals surface area contributed by atoms with Crippen molar-refractivity contribution >= 4 is 17.6 Å². The van der Waals surface area contributed by atoms with Crippen LogP contribution in [-0.2, 0) is 17.8 Å². The fourth-order valence-corrected chi connectivity index (χ4v) is 4.83. The summed E-state index contributed by atoms with van der Waals surface area (Å²) in [4.78, 5) is 39.4. The maximum Gasteiger partial charge on any atom is 0.270 e. The number of fused-ring (bicyclic) bond motifs is 1. The van der Waals surface area contributed by atoms with Gasteiger partial charge in [0.2, 0.25) is 5.91 Å². The Hall–Kier alpha value is -3.04. The van der Waals surface area contributed by atoms with Crippen LogP contribution in [-0.4, -0.2) is 95.4 Å². The van der Waals surface area contributed by atoms with Crippen LogP contribution in [0.3, 0.4) is 0 Å². The van der Waals surface area contributed by atoms with E-state index in [4.69, 9.17) is 0 Å². The highest BCUT2D eigenvalue weighted by atomic mass is 16.2. The highest BCUT2D eigenvalue weighted by Crippen LogP contribution is 2.19. The quantitative estimate of drug-likeness (QED) is 0.594. The average molecular weight is 480 g/mol. The number of amides is 2. The summed E-state index contributed by atoms with van der Waals surface area (Å²) >= 11 is 0. The van der Waals surface area contributed by atoms with Gasteiger partial charge in [-0.25, -0.2) is 9.97 Å². The highest BCUT2D eigenvalue weighted by molar-refractivity contribution is 5.92. The van der Waals surface area contributed by atoms with Crippen LogP contribution in [0, 0.1) is 0 Å². The molecule has 9 heteroatoms. The van der Waals surface area contributed by atoms with Gasteiger partial charge < -0.3 is 20.4 Å². The normalized spacial score (nSPS) is 17.7. The number of anilines is 1. The van der Waals surface area contributed by atoms with E-state index in [1.54, 1.807) is 13.0 Å². The number of carbonyl (C=O) groups is 2. The molecule has 9 nitrogen and oxygen atoms in total. The Morgan fingerprint density at radius 3 is 2.57 bits per heavy atom. The number of nitrogens with zero attached hydrogens (tertiary/aromatic N) is 5. The molecule has 1 atom stereocenters. The van der Waals surface area contributed by atoms with Crippen molar-refractivity contribution in [2.45, 2.75) is 44.8 Å². The lowest BCUT2D eigenvalue weighted by molar-refractivity contribution is -0.129. The first-order chi connectivity index (χ1) is 16.9. The van der Waals surface area contributed by atoms with E-state index in [9.17, 15) is 9.59 Å². The first-order valence-corrected chi connectivity index (χ1v) is 12.5. The lowest BCUT2D eigenvalue weighted by Crippen LogP contribution is -2.48. The zero-order chi connectivity index (χ0) is 24.8. The standard InChI is InChI=1S/C26H37N7O2/c1-19(34)33-12-9-22(10-13-33)30-25-14-24(28-18-29-25)26(35)27-15-23(31(2)3)17-32-11-8-20-6-4-5-7-21(20)16-32/h4-7,14,18,22-23H,8-13,15-17H2,1-3H3,(H,27,35)(H,28,29,30). The third-order valence-electron chi connectivity index (χ3n) is 7.10. The summed E-state index contributed by atoms with van der Waals surface area (Å²) in [6.07, 6.45) is 4.21. The molecule has 2 aliphatic rings. The predicted octanol–water partition coefficient (Wildman–Crippen LogP) is 1.62. The Morgan fingerprint density at radius 2 is 1.86 bits per heavy atom. The van der Waals surface area contributed by atoms with Crippen molar-refractivity contribution in [1.29, 1.82) is 0 Å². The summed E-state index contributed by atoms with van der Waals surface area (Å²) in [5, 5.41) is 6.47. The van der Waals surface area contributed by atoms with Gasteiger partial charge in [-0.3, -0.25) is 14.5 Å². The van der Waals surface area contributed by atoms with Crippen LogP contribution in [0.15, 0.2) is 36.7 Å². The molecular formula is C26H37N7O2. The third-order valence-corrected chi connectivity index (χ3v) is 7.10. The Morgan fingerprint density at radius 1 is 1.11 bits per heavy atom. The van der Waals surface area contributed by atoms with Gasteiger partial charge >= 0.3 is 0 Å². The molecule has 1 aromatic heterocycles. The smallest absolute Gasteiger partial charge is 0.270 e. The molecule has 1 aromatic carbocycles. The number of benzene rings is 1. The van der Waals surface area contributed by atoms with Gasteiger partial charge in [-0.15, -0.1) is 0 Å². The Bertz CT molecular complexity index is 1020. The lowest BCUT2D eigenvalue weighted by Gasteiger charge is -2.34. The summed E-state index contributed by atoms with van der Waals surface area (Å²) in [5.74, 6) is 0.561. The topological polar surface area (TPSA) is 93.7 Å². The van der Waals surface area contributed by atoms with Gasteiger partial charge in [-0.2, -0.15) is 0 Å². The molecule has 0 spiro atoms. The number of nitrogens with one attached hydrogen (secondary N) is 2. The molecule has 0 radical (unpaired) electrons. The molecule has 4 rings (SSSR count). The number of rotatable bonds is 8. The average Bonchev–Trinajstić information content (AvgIpc) is 2.86. The summed E-state index contributed by atoms with van der Waals surface area (Å²) in [5.41, 5.74) is 3.19. The molecule has 2 aliphatic heterocycles. The van der Waals surface area contributed by atoms with Gasteiger partial charge in [0, 0.05) is 64.3 Å².